The van der Waals surface area contributed by atoms with Crippen molar-refractivity contribution in [3.05, 3.63) is 59.2 Å². The summed E-state index contributed by atoms with van der Waals surface area (Å²) in [5.74, 6) is 1.63. The first-order chi connectivity index (χ1) is 13.0. The fraction of sp³-hybridized carbons (Fsp3) is 0.364. The zero-order valence-corrected chi connectivity index (χ0v) is 16.3. The molecule has 1 atom stereocenters. The molecule has 0 radical (unpaired) electrons. The molecule has 5 heteroatoms. The van der Waals surface area contributed by atoms with E-state index in [4.69, 9.17) is 9.98 Å². The van der Waals surface area contributed by atoms with Crippen LogP contribution in [0.4, 0.5) is 0 Å². The molecule has 0 bridgehead atoms. The Morgan fingerprint density at radius 3 is 2.67 bits per heavy atom. The molecule has 0 aliphatic carbocycles. The lowest BCUT2D eigenvalue weighted by atomic mass is 9.96. The normalized spacial score (nSPS) is 15.3. The minimum Gasteiger partial charge on any atom is -0.263 e. The maximum atomic E-state index is 4.85. The number of fused-ring (bicyclic) bond motifs is 1. The van der Waals surface area contributed by atoms with Gasteiger partial charge < -0.3 is 0 Å². The molecule has 27 heavy (non-hydrogen) atoms. The van der Waals surface area contributed by atoms with Gasteiger partial charge in [-0.05, 0) is 36.1 Å². The van der Waals surface area contributed by atoms with Gasteiger partial charge in [-0.15, -0.1) is 5.10 Å². The Morgan fingerprint density at radius 2 is 1.89 bits per heavy atom. The van der Waals surface area contributed by atoms with Crippen LogP contribution in [0.2, 0.25) is 0 Å². The number of aliphatic imine (C=N–C) groups is 2. The molecule has 4 rings (SSSR count). The Kier molecular flexibility index (Phi) is 4.60. The van der Waals surface area contributed by atoms with Gasteiger partial charge >= 0.3 is 0 Å². The van der Waals surface area contributed by atoms with Crippen molar-refractivity contribution in [1.82, 2.24) is 15.0 Å². The van der Waals surface area contributed by atoms with Gasteiger partial charge in [0, 0.05) is 18.0 Å². The van der Waals surface area contributed by atoms with Crippen molar-refractivity contribution in [1.29, 1.82) is 0 Å². The highest BCUT2D eigenvalue weighted by Gasteiger charge is 2.20. The van der Waals surface area contributed by atoms with Crippen molar-refractivity contribution in [3.8, 4) is 0 Å². The maximum absolute atomic E-state index is 4.85. The van der Waals surface area contributed by atoms with Gasteiger partial charge in [0.25, 0.3) is 0 Å². The second-order valence-electron chi connectivity index (χ2n) is 7.68. The second-order valence-corrected chi connectivity index (χ2v) is 7.68. The molecule has 0 saturated carbocycles. The standard InChI is InChI=1S/C22H25N5/c1-14(2)13-27-21-10-9-17(11-19(21)25-26-27)20-12-23-22(24-20)16(4)18-8-6-5-7-15(18)3/h5-11,14,16H,12-13H2,1-4H3. The van der Waals surface area contributed by atoms with E-state index in [9.17, 15) is 0 Å². The smallest absolute Gasteiger partial charge is 0.131 e. The summed E-state index contributed by atoms with van der Waals surface area (Å²) >= 11 is 0. The van der Waals surface area contributed by atoms with E-state index in [0.717, 1.165) is 34.7 Å². The Hall–Kier alpha value is -2.82. The van der Waals surface area contributed by atoms with E-state index in [-0.39, 0.29) is 5.92 Å². The number of aryl methyl sites for hydroxylation is 1. The molecule has 2 aromatic carbocycles. The predicted molar refractivity (Wildman–Crippen MR) is 111 cm³/mol. The lowest BCUT2D eigenvalue weighted by Crippen LogP contribution is -2.07. The number of benzene rings is 2. The first-order valence-electron chi connectivity index (χ1n) is 9.54. The minimum atomic E-state index is 0.194. The van der Waals surface area contributed by atoms with Crippen molar-refractivity contribution < 1.29 is 0 Å². The van der Waals surface area contributed by atoms with Crippen molar-refractivity contribution in [3.63, 3.8) is 0 Å². The summed E-state index contributed by atoms with van der Waals surface area (Å²) in [5.41, 5.74) is 6.63. The SMILES string of the molecule is Cc1ccccc1C(C)C1=NCC(c2ccc3c(c2)nnn3CC(C)C)=N1. The third kappa shape index (κ3) is 3.42. The summed E-state index contributed by atoms with van der Waals surface area (Å²) in [6, 6.07) is 14.7. The molecule has 0 amide bonds. The topological polar surface area (TPSA) is 55.4 Å². The van der Waals surface area contributed by atoms with Crippen LogP contribution in [0.1, 0.15) is 43.4 Å². The predicted octanol–water partition coefficient (Wildman–Crippen LogP) is 4.40. The van der Waals surface area contributed by atoms with E-state index in [1.165, 1.54) is 11.1 Å². The molecule has 0 N–H and O–H groups in total. The van der Waals surface area contributed by atoms with Crippen LogP contribution in [0, 0.1) is 12.8 Å². The Bertz CT molecular complexity index is 1040. The molecule has 0 saturated heterocycles. The van der Waals surface area contributed by atoms with Crippen molar-refractivity contribution in [2.45, 2.75) is 40.2 Å². The van der Waals surface area contributed by atoms with Crippen LogP contribution in [0.15, 0.2) is 52.4 Å². The Morgan fingerprint density at radius 1 is 1.07 bits per heavy atom. The fourth-order valence-corrected chi connectivity index (χ4v) is 3.60. The highest BCUT2D eigenvalue weighted by molar-refractivity contribution is 6.14. The van der Waals surface area contributed by atoms with Crippen LogP contribution in [-0.4, -0.2) is 33.1 Å². The average Bonchev–Trinajstić information content (AvgIpc) is 3.28. The molecule has 0 fully saturated rings. The third-order valence-electron chi connectivity index (χ3n) is 5.07. The maximum Gasteiger partial charge on any atom is 0.131 e. The number of amidine groups is 1. The van der Waals surface area contributed by atoms with E-state index in [1.807, 2.05) is 4.68 Å². The minimum absolute atomic E-state index is 0.194. The summed E-state index contributed by atoms with van der Waals surface area (Å²) in [7, 11) is 0. The quantitative estimate of drug-likeness (QED) is 0.678. The van der Waals surface area contributed by atoms with Crippen LogP contribution >= 0.6 is 0 Å². The number of hydrogen-bond donors (Lipinski definition) is 0. The number of rotatable bonds is 5. The van der Waals surface area contributed by atoms with E-state index in [2.05, 4.69) is 80.5 Å². The van der Waals surface area contributed by atoms with E-state index in [0.29, 0.717) is 12.5 Å². The summed E-state index contributed by atoms with van der Waals surface area (Å²) in [6.45, 7) is 10.2. The number of hydrogen-bond acceptors (Lipinski definition) is 4. The molecular weight excluding hydrogens is 334 g/mol. The fourth-order valence-electron chi connectivity index (χ4n) is 3.60. The molecule has 1 unspecified atom stereocenters. The summed E-state index contributed by atoms with van der Waals surface area (Å²) < 4.78 is 1.97. The van der Waals surface area contributed by atoms with Gasteiger partial charge in [-0.1, -0.05) is 56.3 Å². The Labute approximate surface area is 159 Å². The van der Waals surface area contributed by atoms with Gasteiger partial charge in [0.15, 0.2) is 0 Å². The van der Waals surface area contributed by atoms with E-state index < -0.39 is 0 Å². The lowest BCUT2D eigenvalue weighted by Gasteiger charge is -2.12. The van der Waals surface area contributed by atoms with Gasteiger partial charge in [0.1, 0.15) is 11.4 Å². The van der Waals surface area contributed by atoms with Crippen LogP contribution in [0.25, 0.3) is 11.0 Å². The molecule has 1 aliphatic rings. The molecule has 0 spiro atoms. The third-order valence-corrected chi connectivity index (χ3v) is 5.07. The molecule has 3 aromatic rings. The summed E-state index contributed by atoms with van der Waals surface area (Å²) in [5, 5.41) is 8.63. The van der Waals surface area contributed by atoms with Gasteiger partial charge in [0.2, 0.25) is 0 Å². The molecule has 5 nitrogen and oxygen atoms in total. The largest absolute Gasteiger partial charge is 0.263 e. The average molecular weight is 359 g/mol. The van der Waals surface area contributed by atoms with E-state index in [1.54, 1.807) is 0 Å². The van der Waals surface area contributed by atoms with Crippen LogP contribution in [0.3, 0.4) is 0 Å². The zero-order valence-electron chi connectivity index (χ0n) is 16.3. The molecule has 1 aromatic heterocycles. The lowest BCUT2D eigenvalue weighted by molar-refractivity contribution is 0.483. The molecule has 1 aliphatic heterocycles. The van der Waals surface area contributed by atoms with Crippen LogP contribution < -0.4 is 0 Å². The van der Waals surface area contributed by atoms with Gasteiger partial charge in [-0.3, -0.25) is 4.99 Å². The summed E-state index contributed by atoms with van der Waals surface area (Å²) in [4.78, 5) is 9.56. The first-order valence-corrected chi connectivity index (χ1v) is 9.54. The van der Waals surface area contributed by atoms with Gasteiger partial charge in [-0.25, -0.2) is 9.67 Å². The van der Waals surface area contributed by atoms with Gasteiger partial charge in [-0.2, -0.15) is 0 Å². The summed E-state index contributed by atoms with van der Waals surface area (Å²) in [6.07, 6.45) is 0. The van der Waals surface area contributed by atoms with Crippen molar-refractivity contribution >= 4 is 22.6 Å². The zero-order chi connectivity index (χ0) is 19.0. The number of aromatic nitrogens is 3. The molecule has 138 valence electrons. The monoisotopic (exact) mass is 359 g/mol. The van der Waals surface area contributed by atoms with Crippen LogP contribution in [0.5, 0.6) is 0 Å². The molecular formula is C22H25N5. The van der Waals surface area contributed by atoms with Crippen molar-refractivity contribution in [2.75, 3.05) is 6.54 Å². The molecule has 2 heterocycles. The number of nitrogens with zero attached hydrogens (tertiary/aromatic N) is 5. The van der Waals surface area contributed by atoms with Gasteiger partial charge in [0.05, 0.1) is 17.8 Å². The van der Waals surface area contributed by atoms with E-state index >= 15 is 0 Å². The first kappa shape index (κ1) is 17.6. The van der Waals surface area contributed by atoms with Crippen LogP contribution in [-0.2, 0) is 6.54 Å². The highest BCUT2D eigenvalue weighted by Crippen LogP contribution is 2.24. The van der Waals surface area contributed by atoms with Crippen molar-refractivity contribution in [2.24, 2.45) is 15.9 Å². The Balaban J connectivity index is 1.60. The highest BCUT2D eigenvalue weighted by atomic mass is 15.4. The second kappa shape index (κ2) is 7.06.